The van der Waals surface area contributed by atoms with Crippen LogP contribution in [-0.4, -0.2) is 54.3 Å². The topological polar surface area (TPSA) is 97.8 Å². The Bertz CT molecular complexity index is 1960. The van der Waals surface area contributed by atoms with Crippen LogP contribution in [0.5, 0.6) is 0 Å². The summed E-state index contributed by atoms with van der Waals surface area (Å²) < 4.78 is 49.8. The summed E-state index contributed by atoms with van der Waals surface area (Å²) in [5, 5.41) is 7.88. The van der Waals surface area contributed by atoms with Gasteiger partial charge < -0.3 is 14.3 Å². The number of halogens is 3. The van der Waals surface area contributed by atoms with E-state index in [4.69, 9.17) is 4.42 Å². The van der Waals surface area contributed by atoms with E-state index in [2.05, 4.69) is 25.1 Å². The molecule has 1 fully saturated rings. The van der Waals surface area contributed by atoms with Crippen molar-refractivity contribution in [3.63, 3.8) is 0 Å². The molecule has 6 aromatic rings. The van der Waals surface area contributed by atoms with Crippen LogP contribution in [0.2, 0.25) is 0 Å². The zero-order valence-corrected chi connectivity index (χ0v) is 21.9. The van der Waals surface area contributed by atoms with Crippen LogP contribution in [0.3, 0.4) is 0 Å². The number of aromatic amines is 1. The average molecular weight is 560 g/mol. The maximum absolute atomic E-state index is 15.8. The number of rotatable bonds is 6. The van der Waals surface area contributed by atoms with E-state index in [-0.39, 0.29) is 24.2 Å². The van der Waals surface area contributed by atoms with E-state index >= 15 is 4.39 Å². The van der Waals surface area contributed by atoms with Gasteiger partial charge in [-0.25, -0.2) is 9.18 Å². The first kappa shape index (κ1) is 25.3. The predicted molar refractivity (Wildman–Crippen MR) is 146 cm³/mol. The zero-order valence-electron chi connectivity index (χ0n) is 21.9. The molecule has 7 rings (SSSR count). The Balaban J connectivity index is 1.32. The minimum atomic E-state index is -2.87. The number of nitrogens with one attached hydrogen (secondary N) is 1. The number of hydrogen-bond acceptors (Lipinski definition) is 6. The highest BCUT2D eigenvalue weighted by atomic mass is 19.3. The summed E-state index contributed by atoms with van der Waals surface area (Å²) in [6.45, 7) is 1.65. The summed E-state index contributed by atoms with van der Waals surface area (Å²) in [4.78, 5) is 23.7. The van der Waals surface area contributed by atoms with E-state index in [9.17, 15) is 13.6 Å². The van der Waals surface area contributed by atoms with E-state index in [0.717, 1.165) is 29.4 Å². The van der Waals surface area contributed by atoms with Crippen molar-refractivity contribution in [1.29, 1.82) is 0 Å². The van der Waals surface area contributed by atoms with Crippen LogP contribution in [-0.2, 0) is 6.54 Å². The first-order valence-corrected chi connectivity index (χ1v) is 13.1. The average Bonchev–Trinajstić information content (AvgIpc) is 3.76. The molecule has 12 heteroatoms. The fourth-order valence-electron chi connectivity index (χ4n) is 5.70. The summed E-state index contributed by atoms with van der Waals surface area (Å²) in [7, 11) is 2.01. The lowest BCUT2D eigenvalue weighted by Gasteiger charge is -2.13. The van der Waals surface area contributed by atoms with Crippen molar-refractivity contribution in [3.8, 4) is 22.6 Å². The molecule has 208 valence electrons. The predicted octanol–water partition coefficient (Wildman–Crippen LogP) is 5.40. The van der Waals surface area contributed by atoms with Gasteiger partial charge in [0.25, 0.3) is 5.89 Å². The molecule has 9 nitrogen and oxygen atoms in total. The Morgan fingerprint density at radius 2 is 1.98 bits per heavy atom. The van der Waals surface area contributed by atoms with E-state index in [1.54, 1.807) is 22.8 Å². The number of likely N-dealkylation sites (tertiary alicyclic amines) is 1. The van der Waals surface area contributed by atoms with Gasteiger partial charge in [-0.2, -0.15) is 8.78 Å². The molecule has 1 aliphatic heterocycles. The molecule has 4 aromatic heterocycles. The van der Waals surface area contributed by atoms with Crippen LogP contribution in [0, 0.1) is 5.82 Å². The van der Waals surface area contributed by atoms with Gasteiger partial charge in [0, 0.05) is 41.5 Å². The first-order chi connectivity index (χ1) is 19.9. The van der Waals surface area contributed by atoms with Gasteiger partial charge in [-0.1, -0.05) is 12.1 Å². The third-order valence-electron chi connectivity index (χ3n) is 7.69. The lowest BCUT2D eigenvalue weighted by Crippen LogP contribution is -2.29. The Labute approximate surface area is 230 Å². The van der Waals surface area contributed by atoms with Crippen LogP contribution < -0.4 is 5.69 Å². The fourth-order valence-corrected chi connectivity index (χ4v) is 5.70. The molecule has 2 aromatic carbocycles. The number of hydrogen-bond donors (Lipinski definition) is 1. The smallest absolute Gasteiger partial charge is 0.329 e. The van der Waals surface area contributed by atoms with E-state index in [1.807, 2.05) is 37.5 Å². The number of likely N-dealkylation sites (N-methyl/N-ethyl adjacent to an activating group) is 1. The van der Waals surface area contributed by atoms with E-state index in [1.165, 1.54) is 16.8 Å². The minimum absolute atomic E-state index is 0.0606. The summed E-state index contributed by atoms with van der Waals surface area (Å²) in [5.74, 6) is -1.28. The number of pyridine rings is 1. The van der Waals surface area contributed by atoms with Crippen LogP contribution in [0.15, 0.2) is 70.1 Å². The summed E-state index contributed by atoms with van der Waals surface area (Å²) >= 11 is 0. The second kappa shape index (κ2) is 9.73. The van der Waals surface area contributed by atoms with Crippen LogP contribution in [0.4, 0.5) is 13.2 Å². The number of fused-ring (bicyclic) bond motifs is 2. The summed E-state index contributed by atoms with van der Waals surface area (Å²) in [5.41, 5.74) is 3.82. The number of imidazole rings is 1. The van der Waals surface area contributed by atoms with Gasteiger partial charge in [0.15, 0.2) is 0 Å². The van der Waals surface area contributed by atoms with Gasteiger partial charge >= 0.3 is 12.1 Å². The third kappa shape index (κ3) is 4.31. The van der Waals surface area contributed by atoms with Crippen LogP contribution in [0.25, 0.3) is 44.5 Å². The molecule has 0 aliphatic carbocycles. The number of benzene rings is 2. The van der Waals surface area contributed by atoms with Gasteiger partial charge in [-0.3, -0.25) is 14.1 Å². The normalized spacial score (nSPS) is 16.1. The molecule has 0 radical (unpaired) electrons. The first-order valence-electron chi connectivity index (χ1n) is 13.1. The summed E-state index contributed by atoms with van der Waals surface area (Å²) in [6, 6.07) is 14.0. The maximum Gasteiger partial charge on any atom is 0.329 e. The molecule has 0 saturated carbocycles. The van der Waals surface area contributed by atoms with Gasteiger partial charge in [-0.05, 0) is 55.9 Å². The monoisotopic (exact) mass is 559 g/mol. The molecule has 1 unspecified atom stereocenters. The highest BCUT2D eigenvalue weighted by Gasteiger charge is 2.28. The Kier molecular flexibility index (Phi) is 6.00. The number of H-pyrrole nitrogens is 1. The second-order valence-corrected chi connectivity index (χ2v) is 10.3. The van der Waals surface area contributed by atoms with Gasteiger partial charge in [0.2, 0.25) is 5.89 Å². The van der Waals surface area contributed by atoms with Crippen molar-refractivity contribution >= 4 is 21.9 Å². The van der Waals surface area contributed by atoms with Crippen molar-refractivity contribution in [1.82, 2.24) is 34.2 Å². The van der Waals surface area contributed by atoms with E-state index < -0.39 is 18.1 Å². The van der Waals surface area contributed by atoms with Gasteiger partial charge in [0.1, 0.15) is 5.82 Å². The minimum Gasteiger partial charge on any atom is -0.415 e. The molecule has 1 atom stereocenters. The number of nitrogens with zero attached hydrogens (tertiary/aromatic N) is 6. The molecular weight excluding hydrogens is 535 g/mol. The standard InChI is InChI=1S/C29H24F3N7O2/c1-37-10-8-18(15-37)39-25-11-21(19-3-2-4-23-20(19)7-9-33-23)22(30)12-24(25)38(29(39)40)14-17-6-5-16(13-34-17)27-35-36-28(41-27)26(31)32/h2-7,9,11-13,18,26,33H,8,10,14-15H2,1H3. The van der Waals surface area contributed by atoms with Crippen LogP contribution in [0.1, 0.15) is 30.5 Å². The van der Waals surface area contributed by atoms with Gasteiger partial charge in [-0.15, -0.1) is 10.2 Å². The molecular formula is C29H24F3N7O2. The fraction of sp³-hybridized carbons (Fsp3) is 0.241. The number of alkyl halides is 2. The SMILES string of the molecule is CN1CCC(n2c(=O)n(Cc3ccc(-c4nnc(C(F)F)o4)cn3)c3cc(F)c(-c4cccc5[nH]ccc45)cc32)C1. The molecule has 41 heavy (non-hydrogen) atoms. The highest BCUT2D eigenvalue weighted by molar-refractivity contribution is 5.97. The van der Waals surface area contributed by atoms with Crippen molar-refractivity contribution < 1.29 is 17.6 Å². The zero-order chi connectivity index (χ0) is 28.2. The van der Waals surface area contributed by atoms with Gasteiger partial charge in [0.05, 0.1) is 34.9 Å². The molecule has 0 bridgehead atoms. The van der Waals surface area contributed by atoms with Crippen LogP contribution >= 0.6 is 0 Å². The lowest BCUT2D eigenvalue weighted by atomic mass is 10.0. The second-order valence-electron chi connectivity index (χ2n) is 10.3. The Morgan fingerprint density at radius 1 is 1.10 bits per heavy atom. The Hall–Kier alpha value is -4.71. The third-order valence-corrected chi connectivity index (χ3v) is 7.69. The van der Waals surface area contributed by atoms with E-state index in [0.29, 0.717) is 34.4 Å². The Morgan fingerprint density at radius 3 is 2.71 bits per heavy atom. The van der Waals surface area contributed by atoms with Crippen molar-refractivity contribution in [3.05, 3.63) is 88.8 Å². The van der Waals surface area contributed by atoms with Crippen molar-refractivity contribution in [2.45, 2.75) is 25.4 Å². The number of aromatic nitrogens is 6. The largest absolute Gasteiger partial charge is 0.415 e. The van der Waals surface area contributed by atoms with Crippen molar-refractivity contribution in [2.75, 3.05) is 20.1 Å². The summed E-state index contributed by atoms with van der Waals surface area (Å²) in [6.07, 6.45) is 1.17. The lowest BCUT2D eigenvalue weighted by molar-refractivity contribution is 0.116. The molecule has 1 N–H and O–H groups in total. The molecule has 0 spiro atoms. The van der Waals surface area contributed by atoms with Crippen molar-refractivity contribution in [2.24, 2.45) is 0 Å². The molecule has 0 amide bonds. The highest BCUT2D eigenvalue weighted by Crippen LogP contribution is 2.34. The molecule has 1 saturated heterocycles. The quantitative estimate of drug-likeness (QED) is 0.294. The molecule has 5 heterocycles. The maximum atomic E-state index is 15.8. The molecule has 1 aliphatic rings.